The van der Waals surface area contributed by atoms with Gasteiger partial charge in [-0.25, -0.2) is 0 Å². The lowest BCUT2D eigenvalue weighted by Gasteiger charge is -2.44. The van der Waals surface area contributed by atoms with Gasteiger partial charge in [0.2, 0.25) is 0 Å². The molecule has 2 N–H and O–H groups in total. The summed E-state index contributed by atoms with van der Waals surface area (Å²) in [5, 5.41) is 12.4. The Morgan fingerprint density at radius 1 is 1.53 bits per heavy atom. The minimum Gasteiger partial charge on any atom is -0.481 e. The van der Waals surface area contributed by atoms with Crippen LogP contribution in [0.4, 0.5) is 5.69 Å². The molecule has 2 rings (SSSR count). The zero-order valence-corrected chi connectivity index (χ0v) is 11.8. The number of piperazine rings is 1. The molecule has 0 bridgehead atoms. The number of benzene rings is 1. The van der Waals surface area contributed by atoms with Gasteiger partial charge in [0.15, 0.2) is 0 Å². The summed E-state index contributed by atoms with van der Waals surface area (Å²) in [6, 6.07) is 8.35. The summed E-state index contributed by atoms with van der Waals surface area (Å²) in [6.07, 6.45) is 0.158. The van der Waals surface area contributed by atoms with Crippen LogP contribution in [0.25, 0.3) is 0 Å². The molecule has 0 spiro atoms. The summed E-state index contributed by atoms with van der Waals surface area (Å²) in [4.78, 5) is 13.2. The Balaban J connectivity index is 2.18. The molecule has 4 nitrogen and oxygen atoms in total. The number of aliphatic carboxylic acids is 1. The number of hydrogen-bond donors (Lipinski definition) is 2. The van der Waals surface area contributed by atoms with Crippen molar-refractivity contribution in [3.05, 3.63) is 29.8 Å². The maximum absolute atomic E-state index is 10.9. The fourth-order valence-corrected chi connectivity index (χ4v) is 2.80. The van der Waals surface area contributed by atoms with Crippen molar-refractivity contribution in [1.82, 2.24) is 5.32 Å². The van der Waals surface area contributed by atoms with E-state index in [0.717, 1.165) is 13.1 Å². The first-order valence-electron chi connectivity index (χ1n) is 6.67. The summed E-state index contributed by atoms with van der Waals surface area (Å²) in [5.41, 5.74) is 2.32. The minimum atomic E-state index is -0.751. The second-order valence-corrected chi connectivity index (χ2v) is 6.04. The monoisotopic (exact) mass is 262 g/mol. The first-order valence-corrected chi connectivity index (χ1v) is 6.67. The van der Waals surface area contributed by atoms with Gasteiger partial charge < -0.3 is 15.3 Å². The highest BCUT2D eigenvalue weighted by Gasteiger charge is 2.32. The largest absolute Gasteiger partial charge is 0.481 e. The first kappa shape index (κ1) is 13.9. The number of rotatable bonds is 3. The van der Waals surface area contributed by atoms with Crippen molar-refractivity contribution in [3.63, 3.8) is 0 Å². The van der Waals surface area contributed by atoms with E-state index >= 15 is 0 Å². The highest BCUT2D eigenvalue weighted by molar-refractivity contribution is 5.68. The number of carboxylic acid groups (broad SMARTS) is 1. The summed E-state index contributed by atoms with van der Waals surface area (Å²) in [7, 11) is 0. The number of nitrogens with one attached hydrogen (secondary N) is 1. The smallest absolute Gasteiger partial charge is 0.304 e. The maximum atomic E-state index is 10.9. The molecule has 1 aromatic carbocycles. The van der Waals surface area contributed by atoms with E-state index < -0.39 is 5.97 Å². The van der Waals surface area contributed by atoms with Gasteiger partial charge in [-0.3, -0.25) is 4.79 Å². The standard InChI is InChI=1S/C15H22N2O2/c1-11-5-4-6-13(7-11)17-9-12(8-14(18)19)16-15(2,3)10-17/h4-7,12,16H,8-10H2,1-3H3,(H,18,19). The zero-order chi connectivity index (χ0) is 14.0. The normalized spacial score (nSPS) is 22.3. The van der Waals surface area contributed by atoms with Gasteiger partial charge in [-0.1, -0.05) is 12.1 Å². The Kier molecular flexibility index (Phi) is 3.80. The molecule has 0 aromatic heterocycles. The van der Waals surface area contributed by atoms with Crippen molar-refractivity contribution < 1.29 is 9.90 Å². The lowest BCUT2D eigenvalue weighted by Crippen LogP contribution is -2.62. The van der Waals surface area contributed by atoms with E-state index in [1.54, 1.807) is 0 Å². The summed E-state index contributed by atoms with van der Waals surface area (Å²) in [5.74, 6) is -0.751. The van der Waals surface area contributed by atoms with Crippen molar-refractivity contribution in [2.45, 2.75) is 38.8 Å². The van der Waals surface area contributed by atoms with E-state index in [-0.39, 0.29) is 18.0 Å². The van der Waals surface area contributed by atoms with Crippen LogP contribution in [0.3, 0.4) is 0 Å². The van der Waals surface area contributed by atoms with Crippen molar-refractivity contribution in [2.24, 2.45) is 0 Å². The van der Waals surface area contributed by atoms with Crippen LogP contribution in [-0.2, 0) is 4.79 Å². The van der Waals surface area contributed by atoms with E-state index in [4.69, 9.17) is 5.11 Å². The highest BCUT2D eigenvalue weighted by atomic mass is 16.4. The van der Waals surface area contributed by atoms with Crippen LogP contribution in [0.5, 0.6) is 0 Å². The number of carbonyl (C=O) groups is 1. The number of hydrogen-bond acceptors (Lipinski definition) is 3. The molecule has 104 valence electrons. The molecule has 1 heterocycles. The molecular weight excluding hydrogens is 240 g/mol. The number of anilines is 1. The van der Waals surface area contributed by atoms with Crippen LogP contribution in [0.2, 0.25) is 0 Å². The number of carboxylic acids is 1. The molecule has 0 aliphatic carbocycles. The van der Waals surface area contributed by atoms with Crippen LogP contribution >= 0.6 is 0 Å². The minimum absolute atomic E-state index is 0.0123. The molecule has 1 atom stereocenters. The van der Waals surface area contributed by atoms with Crippen LogP contribution < -0.4 is 10.2 Å². The van der Waals surface area contributed by atoms with Gasteiger partial charge in [-0.2, -0.15) is 0 Å². The van der Waals surface area contributed by atoms with Crippen molar-refractivity contribution in [3.8, 4) is 0 Å². The molecule has 1 aliphatic rings. The molecule has 4 heteroatoms. The average molecular weight is 262 g/mol. The molecule has 1 fully saturated rings. The molecule has 1 aromatic rings. The van der Waals surface area contributed by atoms with Gasteiger partial charge in [0.05, 0.1) is 6.42 Å². The topological polar surface area (TPSA) is 52.6 Å². The summed E-state index contributed by atoms with van der Waals surface area (Å²) < 4.78 is 0. The summed E-state index contributed by atoms with van der Waals surface area (Å²) in [6.45, 7) is 7.92. The van der Waals surface area contributed by atoms with E-state index in [0.29, 0.717) is 0 Å². The Bertz CT molecular complexity index is 471. The van der Waals surface area contributed by atoms with Crippen molar-refractivity contribution in [2.75, 3.05) is 18.0 Å². The predicted molar refractivity (Wildman–Crippen MR) is 76.6 cm³/mol. The van der Waals surface area contributed by atoms with Gasteiger partial charge in [0, 0.05) is 30.4 Å². The molecule has 1 unspecified atom stereocenters. The second kappa shape index (κ2) is 5.21. The van der Waals surface area contributed by atoms with Gasteiger partial charge in [0.1, 0.15) is 0 Å². The fourth-order valence-electron chi connectivity index (χ4n) is 2.80. The zero-order valence-electron chi connectivity index (χ0n) is 11.8. The predicted octanol–water partition coefficient (Wildman–Crippen LogP) is 2.03. The van der Waals surface area contributed by atoms with Gasteiger partial charge in [0.25, 0.3) is 0 Å². The SMILES string of the molecule is Cc1cccc(N2CC(CC(=O)O)NC(C)(C)C2)c1. The van der Waals surface area contributed by atoms with E-state index in [1.165, 1.54) is 11.3 Å². The third-order valence-electron chi connectivity index (χ3n) is 3.41. The van der Waals surface area contributed by atoms with E-state index in [1.807, 2.05) is 6.07 Å². The lowest BCUT2D eigenvalue weighted by molar-refractivity contribution is -0.137. The van der Waals surface area contributed by atoms with Gasteiger partial charge in [-0.15, -0.1) is 0 Å². The Labute approximate surface area is 114 Å². The van der Waals surface area contributed by atoms with E-state index in [2.05, 4.69) is 49.2 Å². The third-order valence-corrected chi connectivity index (χ3v) is 3.41. The van der Waals surface area contributed by atoms with Crippen molar-refractivity contribution >= 4 is 11.7 Å². The number of aryl methyl sites for hydroxylation is 1. The van der Waals surface area contributed by atoms with Crippen LogP contribution in [0, 0.1) is 6.92 Å². The quantitative estimate of drug-likeness (QED) is 0.875. The van der Waals surface area contributed by atoms with E-state index in [9.17, 15) is 4.79 Å². The average Bonchev–Trinajstić information content (AvgIpc) is 2.25. The molecule has 1 saturated heterocycles. The lowest BCUT2D eigenvalue weighted by atomic mass is 9.96. The molecule has 0 radical (unpaired) electrons. The third kappa shape index (κ3) is 3.70. The van der Waals surface area contributed by atoms with Gasteiger partial charge >= 0.3 is 5.97 Å². The fraction of sp³-hybridized carbons (Fsp3) is 0.533. The summed E-state index contributed by atoms with van der Waals surface area (Å²) >= 11 is 0. The molecule has 0 saturated carbocycles. The van der Waals surface area contributed by atoms with Gasteiger partial charge in [-0.05, 0) is 38.5 Å². The molecule has 19 heavy (non-hydrogen) atoms. The van der Waals surface area contributed by atoms with Crippen LogP contribution in [0.1, 0.15) is 25.8 Å². The Morgan fingerprint density at radius 2 is 2.26 bits per heavy atom. The highest BCUT2D eigenvalue weighted by Crippen LogP contribution is 2.23. The first-order chi connectivity index (χ1) is 8.85. The van der Waals surface area contributed by atoms with Crippen LogP contribution in [0.15, 0.2) is 24.3 Å². The second-order valence-electron chi connectivity index (χ2n) is 6.04. The maximum Gasteiger partial charge on any atom is 0.304 e. The number of nitrogens with zero attached hydrogens (tertiary/aromatic N) is 1. The van der Waals surface area contributed by atoms with Crippen LogP contribution in [-0.4, -0.2) is 35.7 Å². The Morgan fingerprint density at radius 3 is 2.89 bits per heavy atom. The Hall–Kier alpha value is -1.55. The molecular formula is C15H22N2O2. The molecule has 0 amide bonds. The van der Waals surface area contributed by atoms with Crippen molar-refractivity contribution in [1.29, 1.82) is 0 Å². The molecule has 1 aliphatic heterocycles.